The lowest BCUT2D eigenvalue weighted by molar-refractivity contribution is 0.377. The first kappa shape index (κ1) is 14.0. The van der Waals surface area contributed by atoms with Crippen LogP contribution in [0, 0.1) is 11.7 Å². The number of nitrogens with one attached hydrogen (secondary N) is 1. The topological polar surface area (TPSA) is 33.6 Å². The van der Waals surface area contributed by atoms with E-state index in [2.05, 4.69) is 66.7 Å². The van der Waals surface area contributed by atoms with Gasteiger partial charge in [0.15, 0.2) is 4.77 Å². The zero-order valence-electron chi connectivity index (χ0n) is 12.0. The van der Waals surface area contributed by atoms with Crippen molar-refractivity contribution in [2.24, 2.45) is 0 Å². The van der Waals surface area contributed by atoms with Crippen LogP contribution in [-0.4, -0.2) is 14.8 Å². The van der Waals surface area contributed by atoms with Crippen LogP contribution in [0.1, 0.15) is 37.7 Å². The van der Waals surface area contributed by atoms with Gasteiger partial charge in [-0.05, 0) is 51.9 Å². The van der Waals surface area contributed by atoms with E-state index >= 15 is 0 Å². The summed E-state index contributed by atoms with van der Waals surface area (Å²) in [5.41, 5.74) is 2.60. The Balaban J connectivity index is 2.19. The van der Waals surface area contributed by atoms with Crippen molar-refractivity contribution in [2.45, 2.75) is 46.1 Å². The van der Waals surface area contributed by atoms with Crippen molar-refractivity contribution in [3.63, 3.8) is 0 Å². The molecule has 0 bridgehead atoms. The molecule has 3 nitrogen and oxygen atoms in total. The van der Waals surface area contributed by atoms with Crippen molar-refractivity contribution in [3.8, 4) is 0 Å². The van der Waals surface area contributed by atoms with Crippen LogP contribution in [0.3, 0.4) is 0 Å². The van der Waals surface area contributed by atoms with Crippen LogP contribution in [0.5, 0.6) is 0 Å². The van der Waals surface area contributed by atoms with E-state index in [1.165, 1.54) is 11.1 Å². The molecule has 2 aromatic rings. The third-order valence-corrected chi connectivity index (χ3v) is 3.41. The molecule has 0 aliphatic heterocycles. The largest absolute Gasteiger partial charge is 0.299 e. The number of aromatic nitrogens is 3. The minimum Gasteiger partial charge on any atom is -0.299 e. The average molecular weight is 275 g/mol. The van der Waals surface area contributed by atoms with E-state index in [1.807, 2.05) is 0 Å². The molecular weight excluding hydrogens is 254 g/mol. The number of aromatic amines is 1. The molecule has 0 saturated carbocycles. The minimum atomic E-state index is -0.0357. The van der Waals surface area contributed by atoms with E-state index in [1.54, 1.807) is 0 Å². The first-order valence-electron chi connectivity index (χ1n) is 6.60. The van der Waals surface area contributed by atoms with E-state index < -0.39 is 0 Å². The molecule has 1 aromatic carbocycles. The second-order valence-electron chi connectivity index (χ2n) is 5.94. The van der Waals surface area contributed by atoms with Gasteiger partial charge >= 0.3 is 0 Å². The normalized spacial score (nSPS) is 11.8. The molecule has 0 amide bonds. The Morgan fingerprint density at radius 2 is 2.00 bits per heavy atom. The van der Waals surface area contributed by atoms with Gasteiger partial charge in [0.25, 0.3) is 0 Å². The molecule has 102 valence electrons. The summed E-state index contributed by atoms with van der Waals surface area (Å²) in [5, 5.41) is 7.27. The second kappa shape index (κ2) is 5.29. The Morgan fingerprint density at radius 3 is 2.63 bits per heavy atom. The Kier molecular flexibility index (Phi) is 3.90. The maximum atomic E-state index is 5.32. The van der Waals surface area contributed by atoms with Crippen molar-refractivity contribution in [1.29, 1.82) is 0 Å². The predicted octanol–water partition coefficient (Wildman–Crippen LogP) is 3.79. The van der Waals surface area contributed by atoms with E-state index in [9.17, 15) is 0 Å². The lowest BCUT2D eigenvalue weighted by Gasteiger charge is -2.22. The molecule has 0 fully saturated rings. The molecule has 1 heterocycles. The zero-order chi connectivity index (χ0) is 14.0. The van der Waals surface area contributed by atoms with Gasteiger partial charge in [-0.3, -0.25) is 9.67 Å². The van der Waals surface area contributed by atoms with Crippen LogP contribution in [0.15, 0.2) is 24.3 Å². The zero-order valence-corrected chi connectivity index (χ0v) is 12.8. The average Bonchev–Trinajstić information content (AvgIpc) is 2.67. The second-order valence-corrected chi connectivity index (χ2v) is 6.33. The number of benzene rings is 1. The highest BCUT2D eigenvalue weighted by Gasteiger charge is 2.18. The van der Waals surface area contributed by atoms with Crippen LogP contribution in [0.2, 0.25) is 0 Å². The summed E-state index contributed by atoms with van der Waals surface area (Å²) >= 11 is 5.32. The van der Waals surface area contributed by atoms with Crippen molar-refractivity contribution >= 4 is 12.2 Å². The summed E-state index contributed by atoms with van der Waals surface area (Å²) in [4.78, 5) is 0. The van der Waals surface area contributed by atoms with Crippen LogP contribution in [-0.2, 0) is 18.4 Å². The molecule has 0 saturated heterocycles. The SMILES string of the molecule is Cc1cccc(CCc2n[nH]c(=S)n2C(C)(C)C)c1. The van der Waals surface area contributed by atoms with Gasteiger partial charge in [0.1, 0.15) is 5.82 Å². The van der Waals surface area contributed by atoms with Crippen molar-refractivity contribution in [3.05, 3.63) is 46.0 Å². The van der Waals surface area contributed by atoms with Crippen molar-refractivity contribution in [2.75, 3.05) is 0 Å². The van der Waals surface area contributed by atoms with Crippen LogP contribution in [0.4, 0.5) is 0 Å². The van der Waals surface area contributed by atoms with Gasteiger partial charge in [0, 0.05) is 12.0 Å². The van der Waals surface area contributed by atoms with Gasteiger partial charge in [0.2, 0.25) is 0 Å². The van der Waals surface area contributed by atoms with Crippen molar-refractivity contribution < 1.29 is 0 Å². The molecule has 0 atom stereocenters. The first-order valence-corrected chi connectivity index (χ1v) is 7.01. The molecule has 2 rings (SSSR count). The summed E-state index contributed by atoms with van der Waals surface area (Å²) in [7, 11) is 0. The number of hydrogen-bond acceptors (Lipinski definition) is 2. The smallest absolute Gasteiger partial charge is 0.195 e. The van der Waals surface area contributed by atoms with E-state index in [-0.39, 0.29) is 5.54 Å². The molecule has 0 spiro atoms. The molecular formula is C15H21N3S. The number of nitrogens with zero attached hydrogens (tertiary/aromatic N) is 2. The van der Waals surface area contributed by atoms with Gasteiger partial charge in [0.05, 0.1) is 0 Å². The lowest BCUT2D eigenvalue weighted by Crippen LogP contribution is -2.24. The monoisotopic (exact) mass is 275 g/mol. The molecule has 0 aliphatic carbocycles. The molecule has 1 aromatic heterocycles. The maximum Gasteiger partial charge on any atom is 0.195 e. The van der Waals surface area contributed by atoms with E-state index in [0.717, 1.165) is 18.7 Å². The molecule has 1 N–H and O–H groups in total. The number of hydrogen-bond donors (Lipinski definition) is 1. The highest BCUT2D eigenvalue weighted by Crippen LogP contribution is 2.18. The molecule has 4 heteroatoms. The standard InChI is InChI=1S/C15H21N3S/c1-11-6-5-7-12(10-11)8-9-13-16-17-14(19)18(13)15(2,3)4/h5-7,10H,8-9H2,1-4H3,(H,17,19). The Morgan fingerprint density at radius 1 is 1.26 bits per heavy atom. The van der Waals surface area contributed by atoms with Gasteiger partial charge < -0.3 is 0 Å². The molecule has 0 aliphatic rings. The summed E-state index contributed by atoms with van der Waals surface area (Å²) in [6, 6.07) is 8.61. The van der Waals surface area contributed by atoms with E-state index in [0.29, 0.717) is 4.77 Å². The summed E-state index contributed by atoms with van der Waals surface area (Å²) in [6.45, 7) is 8.56. The number of H-pyrrole nitrogens is 1. The van der Waals surface area contributed by atoms with Crippen LogP contribution >= 0.6 is 12.2 Å². The Hall–Kier alpha value is -1.42. The first-order chi connectivity index (χ1) is 8.88. The third-order valence-electron chi connectivity index (χ3n) is 3.13. The quantitative estimate of drug-likeness (QED) is 0.865. The highest BCUT2D eigenvalue weighted by atomic mass is 32.1. The van der Waals surface area contributed by atoms with Gasteiger partial charge in [-0.2, -0.15) is 5.10 Å². The fourth-order valence-corrected chi connectivity index (χ4v) is 2.74. The van der Waals surface area contributed by atoms with Gasteiger partial charge in [-0.1, -0.05) is 29.8 Å². The summed E-state index contributed by atoms with van der Waals surface area (Å²) in [6.07, 6.45) is 1.88. The molecule has 19 heavy (non-hydrogen) atoms. The number of aryl methyl sites for hydroxylation is 3. The maximum absolute atomic E-state index is 5.32. The van der Waals surface area contributed by atoms with E-state index in [4.69, 9.17) is 12.2 Å². The van der Waals surface area contributed by atoms with Gasteiger partial charge in [-0.25, -0.2) is 0 Å². The fraction of sp³-hybridized carbons (Fsp3) is 0.467. The van der Waals surface area contributed by atoms with Crippen molar-refractivity contribution in [1.82, 2.24) is 14.8 Å². The van der Waals surface area contributed by atoms with Gasteiger partial charge in [-0.15, -0.1) is 0 Å². The molecule has 0 unspecified atom stereocenters. The predicted molar refractivity (Wildman–Crippen MR) is 81.0 cm³/mol. The minimum absolute atomic E-state index is 0.0357. The number of rotatable bonds is 3. The summed E-state index contributed by atoms with van der Waals surface area (Å²) < 4.78 is 2.81. The van der Waals surface area contributed by atoms with Crippen LogP contribution in [0.25, 0.3) is 0 Å². The van der Waals surface area contributed by atoms with Crippen LogP contribution < -0.4 is 0 Å². The third kappa shape index (κ3) is 3.32. The fourth-order valence-electron chi connectivity index (χ4n) is 2.31. The highest BCUT2D eigenvalue weighted by molar-refractivity contribution is 7.71. The molecule has 0 radical (unpaired) electrons. The Labute approximate surface area is 119 Å². The lowest BCUT2D eigenvalue weighted by atomic mass is 10.1. The summed E-state index contributed by atoms with van der Waals surface area (Å²) in [5.74, 6) is 1.03. The Bertz CT molecular complexity index is 617.